The van der Waals surface area contributed by atoms with Gasteiger partial charge < -0.3 is 9.47 Å². The molecule has 4 nitrogen and oxygen atoms in total. The van der Waals surface area contributed by atoms with Gasteiger partial charge in [-0.05, 0) is 38.0 Å². The van der Waals surface area contributed by atoms with Crippen LogP contribution in [0.15, 0.2) is 18.2 Å². The molecule has 1 aromatic rings. The summed E-state index contributed by atoms with van der Waals surface area (Å²) in [6, 6.07) is 4.59. The fraction of sp³-hybridized carbons (Fsp3) is 0.412. The van der Waals surface area contributed by atoms with E-state index < -0.39 is 12.1 Å². The average Bonchev–Trinajstić information content (AvgIpc) is 2.49. The minimum Gasteiger partial charge on any atom is -0.449 e. The summed E-state index contributed by atoms with van der Waals surface area (Å²) < 4.78 is 10.3. The van der Waals surface area contributed by atoms with Gasteiger partial charge in [0.1, 0.15) is 5.75 Å². The van der Waals surface area contributed by atoms with E-state index in [0.29, 0.717) is 17.9 Å². The smallest absolute Gasteiger partial charge is 0.311 e. The molecule has 0 bridgehead atoms. The molecule has 0 aliphatic carbocycles. The molecule has 1 atom stereocenters. The predicted octanol–water partition coefficient (Wildman–Crippen LogP) is 4.41. The van der Waals surface area contributed by atoms with E-state index in [1.54, 1.807) is 13.0 Å². The Morgan fingerprint density at radius 2 is 1.91 bits per heavy atom. The fourth-order valence-electron chi connectivity index (χ4n) is 1.70. The maximum atomic E-state index is 11.7. The van der Waals surface area contributed by atoms with Gasteiger partial charge in [0.2, 0.25) is 0 Å². The Morgan fingerprint density at radius 3 is 2.52 bits per heavy atom. The maximum absolute atomic E-state index is 11.7. The summed E-state index contributed by atoms with van der Waals surface area (Å²) in [5.41, 5.74) is 0. The van der Waals surface area contributed by atoms with Crippen LogP contribution < -0.4 is 4.74 Å². The Kier molecular flexibility index (Phi) is 8.53. The lowest BCUT2D eigenvalue weighted by Gasteiger charge is -2.10. The molecule has 6 heteroatoms. The van der Waals surface area contributed by atoms with Crippen LogP contribution in [0.4, 0.5) is 0 Å². The van der Waals surface area contributed by atoms with Crippen molar-refractivity contribution in [1.82, 2.24) is 0 Å². The second kappa shape index (κ2) is 10.1. The molecule has 124 valence electrons. The molecule has 0 radical (unpaired) electrons. The molecule has 0 aliphatic heterocycles. The van der Waals surface area contributed by atoms with Crippen LogP contribution in [0.3, 0.4) is 0 Å². The van der Waals surface area contributed by atoms with Crippen LogP contribution >= 0.6 is 23.2 Å². The zero-order valence-corrected chi connectivity index (χ0v) is 14.5. The van der Waals surface area contributed by atoms with Crippen molar-refractivity contribution in [3.05, 3.63) is 28.2 Å². The summed E-state index contributed by atoms with van der Waals surface area (Å²) in [4.78, 5) is 23.4. The summed E-state index contributed by atoms with van der Waals surface area (Å²) in [5, 5.41) is 0.715. The molecule has 0 saturated heterocycles. The Balaban J connectivity index is 2.35. The lowest BCUT2D eigenvalue weighted by molar-refractivity contribution is -0.146. The summed E-state index contributed by atoms with van der Waals surface area (Å²) >= 11 is 11.7. The molecule has 0 N–H and O–H groups in total. The van der Waals surface area contributed by atoms with Gasteiger partial charge in [-0.2, -0.15) is 0 Å². The Hall–Kier alpha value is -1.70. The molecule has 0 spiro atoms. The van der Waals surface area contributed by atoms with Crippen LogP contribution in [-0.2, 0) is 14.3 Å². The monoisotopic (exact) mass is 356 g/mol. The first-order valence-corrected chi connectivity index (χ1v) is 7.99. The van der Waals surface area contributed by atoms with Crippen LogP contribution in [0.1, 0.15) is 39.5 Å². The number of carbonyl (C=O) groups excluding carboxylic acids is 2. The Bertz CT molecular complexity index is 617. The number of benzene rings is 1. The van der Waals surface area contributed by atoms with Crippen LogP contribution in [0.25, 0.3) is 0 Å². The number of rotatable bonds is 7. The van der Waals surface area contributed by atoms with Gasteiger partial charge in [-0.1, -0.05) is 36.0 Å². The van der Waals surface area contributed by atoms with Crippen molar-refractivity contribution < 1.29 is 19.1 Å². The largest absolute Gasteiger partial charge is 0.449 e. The van der Waals surface area contributed by atoms with E-state index in [1.807, 2.05) is 6.92 Å². The van der Waals surface area contributed by atoms with Gasteiger partial charge in [-0.15, -0.1) is 5.92 Å². The molecule has 0 fully saturated rings. The highest BCUT2D eigenvalue weighted by atomic mass is 35.5. The van der Waals surface area contributed by atoms with E-state index in [0.717, 1.165) is 0 Å². The summed E-state index contributed by atoms with van der Waals surface area (Å²) in [6.45, 7) is 3.57. The first-order valence-electron chi connectivity index (χ1n) is 7.23. The third-order valence-corrected chi connectivity index (χ3v) is 3.36. The highest BCUT2D eigenvalue weighted by Crippen LogP contribution is 2.27. The quantitative estimate of drug-likeness (QED) is 0.412. The first kappa shape index (κ1) is 19.3. The molecule has 1 aromatic carbocycles. The van der Waals surface area contributed by atoms with Crippen molar-refractivity contribution in [3.8, 4) is 17.6 Å². The minimum absolute atomic E-state index is 0.0876. The molecule has 0 aromatic heterocycles. The van der Waals surface area contributed by atoms with Gasteiger partial charge in [0.25, 0.3) is 0 Å². The molecule has 0 amide bonds. The van der Waals surface area contributed by atoms with E-state index in [2.05, 4.69) is 11.8 Å². The molecule has 0 saturated carbocycles. The fourth-order valence-corrected chi connectivity index (χ4v) is 2.15. The van der Waals surface area contributed by atoms with Crippen molar-refractivity contribution in [2.75, 3.05) is 0 Å². The zero-order chi connectivity index (χ0) is 17.2. The minimum atomic E-state index is -0.470. The molecule has 23 heavy (non-hydrogen) atoms. The van der Waals surface area contributed by atoms with Crippen LogP contribution in [-0.4, -0.2) is 18.0 Å². The Morgan fingerprint density at radius 1 is 1.22 bits per heavy atom. The van der Waals surface area contributed by atoms with Gasteiger partial charge >= 0.3 is 11.9 Å². The van der Waals surface area contributed by atoms with Gasteiger partial charge in [-0.25, -0.2) is 0 Å². The number of esters is 2. The number of ether oxygens (including phenoxy) is 2. The van der Waals surface area contributed by atoms with Crippen molar-refractivity contribution >= 4 is 35.1 Å². The highest BCUT2D eigenvalue weighted by molar-refractivity contribution is 6.35. The zero-order valence-electron chi connectivity index (χ0n) is 13.0. The number of halogens is 2. The van der Waals surface area contributed by atoms with E-state index in [4.69, 9.17) is 32.7 Å². The molecule has 1 rings (SSSR count). The highest BCUT2D eigenvalue weighted by Gasteiger charge is 2.13. The second-order valence-corrected chi connectivity index (χ2v) is 5.53. The number of hydrogen-bond donors (Lipinski definition) is 0. The SMILES string of the molecule is CC#CC(CC)OC(=O)CCCC(=O)Oc1ccc(Cl)cc1Cl. The second-order valence-electron chi connectivity index (χ2n) is 4.68. The van der Waals surface area contributed by atoms with Crippen molar-refractivity contribution in [1.29, 1.82) is 0 Å². The molecule has 0 heterocycles. The van der Waals surface area contributed by atoms with Crippen LogP contribution in [0.2, 0.25) is 10.0 Å². The number of carbonyl (C=O) groups is 2. The van der Waals surface area contributed by atoms with E-state index in [-0.39, 0.29) is 29.6 Å². The lowest BCUT2D eigenvalue weighted by Crippen LogP contribution is -2.16. The standard InChI is InChI=1S/C17H18Cl2O4/c1-3-6-13(4-2)22-16(20)7-5-8-17(21)23-15-10-9-12(18)11-14(15)19/h9-11,13H,4-5,7-8H2,1-2H3. The lowest BCUT2D eigenvalue weighted by atomic mass is 10.2. The van der Waals surface area contributed by atoms with Gasteiger partial charge in [-0.3, -0.25) is 9.59 Å². The average molecular weight is 357 g/mol. The normalized spacial score (nSPS) is 11.1. The van der Waals surface area contributed by atoms with E-state index in [9.17, 15) is 9.59 Å². The molecule has 0 aliphatic rings. The molecular weight excluding hydrogens is 339 g/mol. The third-order valence-electron chi connectivity index (χ3n) is 2.83. The van der Waals surface area contributed by atoms with Gasteiger partial charge in [0.15, 0.2) is 6.10 Å². The Labute approximate surface area is 146 Å². The predicted molar refractivity (Wildman–Crippen MR) is 89.6 cm³/mol. The van der Waals surface area contributed by atoms with Gasteiger partial charge in [0, 0.05) is 17.9 Å². The summed E-state index contributed by atoms with van der Waals surface area (Å²) in [5.74, 6) is 4.90. The van der Waals surface area contributed by atoms with E-state index >= 15 is 0 Å². The summed E-state index contributed by atoms with van der Waals surface area (Å²) in [7, 11) is 0. The van der Waals surface area contributed by atoms with Crippen molar-refractivity contribution in [2.24, 2.45) is 0 Å². The first-order chi connectivity index (χ1) is 11.0. The maximum Gasteiger partial charge on any atom is 0.311 e. The van der Waals surface area contributed by atoms with Crippen LogP contribution in [0.5, 0.6) is 5.75 Å². The van der Waals surface area contributed by atoms with Crippen molar-refractivity contribution in [2.45, 2.75) is 45.6 Å². The molecular formula is C17H18Cl2O4. The van der Waals surface area contributed by atoms with Gasteiger partial charge in [0.05, 0.1) is 5.02 Å². The number of hydrogen-bond acceptors (Lipinski definition) is 4. The van der Waals surface area contributed by atoms with E-state index in [1.165, 1.54) is 12.1 Å². The topological polar surface area (TPSA) is 52.6 Å². The van der Waals surface area contributed by atoms with Crippen LogP contribution in [0, 0.1) is 11.8 Å². The molecule has 1 unspecified atom stereocenters. The summed E-state index contributed by atoms with van der Waals surface area (Å²) in [6.07, 6.45) is 0.783. The van der Waals surface area contributed by atoms with Crippen molar-refractivity contribution in [3.63, 3.8) is 0 Å². The third kappa shape index (κ3) is 7.40.